The summed E-state index contributed by atoms with van der Waals surface area (Å²) in [5.41, 5.74) is 3.79. The number of hydrogen-bond acceptors (Lipinski definition) is 6. The van der Waals surface area contributed by atoms with E-state index >= 15 is 0 Å². The van der Waals surface area contributed by atoms with E-state index in [4.69, 9.17) is 0 Å². The van der Waals surface area contributed by atoms with Gasteiger partial charge in [-0.1, -0.05) is 30.0 Å². The zero-order chi connectivity index (χ0) is 16.9. The van der Waals surface area contributed by atoms with E-state index < -0.39 is 15.9 Å². The van der Waals surface area contributed by atoms with Crippen LogP contribution in [-0.4, -0.2) is 30.0 Å². The van der Waals surface area contributed by atoms with Crippen molar-refractivity contribution in [2.45, 2.75) is 23.9 Å². The molecule has 0 aliphatic rings. The molecule has 23 heavy (non-hydrogen) atoms. The average molecular weight is 352 g/mol. The second-order valence-corrected chi connectivity index (χ2v) is 7.31. The summed E-state index contributed by atoms with van der Waals surface area (Å²) in [6.07, 6.45) is 0. The number of benzene rings is 1. The lowest BCUT2D eigenvalue weighted by atomic mass is 10.4. The van der Waals surface area contributed by atoms with Crippen LogP contribution in [0, 0.1) is 13.8 Å². The van der Waals surface area contributed by atoms with Crippen LogP contribution >= 0.6 is 11.8 Å². The summed E-state index contributed by atoms with van der Waals surface area (Å²) < 4.78 is 23.9. The van der Waals surface area contributed by atoms with Gasteiger partial charge in [-0.25, -0.2) is 18.4 Å². The van der Waals surface area contributed by atoms with Crippen LogP contribution in [0.15, 0.2) is 46.5 Å². The van der Waals surface area contributed by atoms with E-state index in [-0.39, 0.29) is 10.6 Å². The predicted molar refractivity (Wildman–Crippen MR) is 87.1 cm³/mol. The number of aryl methyl sites for hydroxylation is 2. The first-order valence-electron chi connectivity index (χ1n) is 6.67. The maximum Gasteiger partial charge on any atom is 0.257 e. The van der Waals surface area contributed by atoms with Crippen LogP contribution in [0.25, 0.3) is 0 Å². The third kappa shape index (κ3) is 5.31. The van der Waals surface area contributed by atoms with Gasteiger partial charge < -0.3 is 0 Å². The molecule has 0 saturated heterocycles. The van der Waals surface area contributed by atoms with Gasteiger partial charge in [0.1, 0.15) is 0 Å². The van der Waals surface area contributed by atoms with Crippen molar-refractivity contribution in [1.29, 1.82) is 0 Å². The summed E-state index contributed by atoms with van der Waals surface area (Å²) in [7, 11) is -3.77. The molecular formula is C14H16N4O3S2. The minimum atomic E-state index is -3.77. The van der Waals surface area contributed by atoms with Crippen LogP contribution in [0.3, 0.4) is 0 Å². The van der Waals surface area contributed by atoms with Crippen LogP contribution in [-0.2, 0) is 14.8 Å². The van der Waals surface area contributed by atoms with Crippen molar-refractivity contribution in [2.75, 3.05) is 5.75 Å². The monoisotopic (exact) mass is 352 g/mol. The number of sulfonamides is 1. The van der Waals surface area contributed by atoms with Gasteiger partial charge in [-0.05, 0) is 32.0 Å². The zero-order valence-corrected chi connectivity index (χ0v) is 14.2. The van der Waals surface area contributed by atoms with Crippen LogP contribution < -0.4 is 10.3 Å². The Morgan fingerprint density at radius 3 is 2.35 bits per heavy atom. The normalized spacial score (nSPS) is 11.2. The fourth-order valence-corrected chi connectivity index (χ4v) is 3.34. The number of nitrogens with one attached hydrogen (secondary N) is 2. The second kappa shape index (κ2) is 7.53. The number of amides is 1. The summed E-state index contributed by atoms with van der Waals surface area (Å²) >= 11 is 1.13. The Bertz CT molecular complexity index is 775. The van der Waals surface area contributed by atoms with E-state index in [2.05, 4.69) is 20.2 Å². The Morgan fingerprint density at radius 1 is 1.13 bits per heavy atom. The van der Waals surface area contributed by atoms with E-state index in [0.717, 1.165) is 23.1 Å². The predicted octanol–water partition coefficient (Wildman–Crippen LogP) is 1.20. The quantitative estimate of drug-likeness (QED) is 0.460. The molecule has 0 bridgehead atoms. The van der Waals surface area contributed by atoms with E-state index in [0.29, 0.717) is 5.16 Å². The van der Waals surface area contributed by atoms with Gasteiger partial charge in [-0.15, -0.1) is 4.83 Å². The molecule has 0 radical (unpaired) electrons. The summed E-state index contributed by atoms with van der Waals surface area (Å²) in [4.78, 5) is 22.3. The maximum atomic E-state index is 11.9. The van der Waals surface area contributed by atoms with Gasteiger partial charge in [-0.2, -0.15) is 0 Å². The number of thioether (sulfide) groups is 1. The Morgan fingerprint density at radius 2 is 1.74 bits per heavy atom. The minimum absolute atomic E-state index is 0.000201. The summed E-state index contributed by atoms with van der Waals surface area (Å²) in [5.74, 6) is -0.488. The van der Waals surface area contributed by atoms with E-state index in [1.807, 2.05) is 19.9 Å². The van der Waals surface area contributed by atoms with Crippen LogP contribution in [0.5, 0.6) is 0 Å². The van der Waals surface area contributed by atoms with E-state index in [1.54, 1.807) is 18.2 Å². The highest BCUT2D eigenvalue weighted by atomic mass is 32.2. The molecule has 7 nitrogen and oxygen atoms in total. The maximum absolute atomic E-state index is 11.9. The molecular weight excluding hydrogens is 336 g/mol. The second-order valence-electron chi connectivity index (χ2n) is 4.69. The number of carbonyl (C=O) groups is 1. The lowest BCUT2D eigenvalue weighted by Crippen LogP contribution is -2.42. The lowest BCUT2D eigenvalue weighted by molar-refractivity contribution is -0.119. The SMILES string of the molecule is Cc1cc(C)nc(SCC(=O)NNS(=O)(=O)c2ccccc2)n1. The third-order valence-electron chi connectivity index (χ3n) is 2.67. The molecule has 0 unspecified atom stereocenters. The average Bonchev–Trinajstić information content (AvgIpc) is 2.51. The van der Waals surface area contributed by atoms with Crippen molar-refractivity contribution in [3.8, 4) is 0 Å². The van der Waals surface area contributed by atoms with Crippen molar-refractivity contribution in [3.05, 3.63) is 47.8 Å². The standard InChI is InChI=1S/C14H16N4O3S2/c1-10-8-11(2)16-14(15-10)22-9-13(19)17-18-23(20,21)12-6-4-3-5-7-12/h3-8,18H,9H2,1-2H3,(H,17,19). The first kappa shape index (κ1) is 17.4. The fraction of sp³-hybridized carbons (Fsp3) is 0.214. The molecule has 0 spiro atoms. The summed E-state index contributed by atoms with van der Waals surface area (Å²) in [5, 5.41) is 0.476. The number of hydrogen-bond donors (Lipinski definition) is 2. The van der Waals surface area contributed by atoms with Gasteiger partial charge in [0.25, 0.3) is 10.0 Å². The van der Waals surface area contributed by atoms with Gasteiger partial charge in [-0.3, -0.25) is 10.2 Å². The Hall–Kier alpha value is -1.97. The molecule has 1 aromatic carbocycles. The molecule has 2 aromatic rings. The molecule has 1 heterocycles. The Kier molecular flexibility index (Phi) is 5.69. The van der Waals surface area contributed by atoms with Crippen molar-refractivity contribution >= 4 is 27.7 Å². The molecule has 122 valence electrons. The van der Waals surface area contributed by atoms with Gasteiger partial charge in [0.2, 0.25) is 5.91 Å². The van der Waals surface area contributed by atoms with Crippen LogP contribution in [0.4, 0.5) is 0 Å². The number of rotatable bonds is 6. The van der Waals surface area contributed by atoms with Crippen molar-refractivity contribution in [1.82, 2.24) is 20.2 Å². The Balaban J connectivity index is 1.88. The van der Waals surface area contributed by atoms with Crippen molar-refractivity contribution in [2.24, 2.45) is 0 Å². The Labute approximate surface area is 139 Å². The highest BCUT2D eigenvalue weighted by Gasteiger charge is 2.14. The first-order valence-corrected chi connectivity index (χ1v) is 9.14. The van der Waals surface area contributed by atoms with Crippen LogP contribution in [0.1, 0.15) is 11.4 Å². The lowest BCUT2D eigenvalue weighted by Gasteiger charge is -2.08. The molecule has 0 aliphatic carbocycles. The first-order chi connectivity index (χ1) is 10.9. The highest BCUT2D eigenvalue weighted by molar-refractivity contribution is 7.99. The molecule has 0 saturated carbocycles. The number of carbonyl (C=O) groups excluding carboxylic acids is 1. The van der Waals surface area contributed by atoms with Crippen molar-refractivity contribution < 1.29 is 13.2 Å². The highest BCUT2D eigenvalue weighted by Crippen LogP contribution is 2.13. The zero-order valence-electron chi connectivity index (χ0n) is 12.6. The number of aromatic nitrogens is 2. The largest absolute Gasteiger partial charge is 0.277 e. The molecule has 0 fully saturated rings. The molecule has 2 rings (SSSR count). The molecule has 2 N–H and O–H groups in total. The molecule has 1 amide bonds. The number of nitrogens with zero attached hydrogens (tertiary/aromatic N) is 2. The third-order valence-corrected chi connectivity index (χ3v) is 4.78. The molecule has 0 aliphatic heterocycles. The van der Waals surface area contributed by atoms with Gasteiger partial charge in [0, 0.05) is 11.4 Å². The molecule has 1 aromatic heterocycles. The topological polar surface area (TPSA) is 101 Å². The van der Waals surface area contributed by atoms with Crippen LogP contribution in [0.2, 0.25) is 0 Å². The number of hydrazine groups is 1. The summed E-state index contributed by atoms with van der Waals surface area (Å²) in [6, 6.07) is 9.61. The van der Waals surface area contributed by atoms with E-state index in [1.165, 1.54) is 12.1 Å². The summed E-state index contributed by atoms with van der Waals surface area (Å²) in [6.45, 7) is 3.68. The van der Waals surface area contributed by atoms with Crippen molar-refractivity contribution in [3.63, 3.8) is 0 Å². The fourth-order valence-electron chi connectivity index (χ4n) is 1.71. The molecule has 0 atom stereocenters. The van der Waals surface area contributed by atoms with Gasteiger partial charge >= 0.3 is 0 Å². The smallest absolute Gasteiger partial charge is 0.257 e. The molecule has 9 heteroatoms. The van der Waals surface area contributed by atoms with Gasteiger partial charge in [0.15, 0.2) is 5.16 Å². The van der Waals surface area contributed by atoms with E-state index in [9.17, 15) is 13.2 Å². The van der Waals surface area contributed by atoms with Gasteiger partial charge in [0.05, 0.1) is 10.6 Å². The minimum Gasteiger partial charge on any atom is -0.277 e.